The van der Waals surface area contributed by atoms with Gasteiger partial charge in [-0.3, -0.25) is 9.59 Å². The molecule has 2 aromatic carbocycles. The molecule has 3 rings (SSSR count). The molecule has 154 valence electrons. The summed E-state index contributed by atoms with van der Waals surface area (Å²) in [5, 5.41) is 0. The minimum Gasteiger partial charge on any atom is -0.494 e. The van der Waals surface area contributed by atoms with Crippen LogP contribution < -0.4 is 4.74 Å². The summed E-state index contributed by atoms with van der Waals surface area (Å²) in [6.07, 6.45) is -4.44. The second-order valence-corrected chi connectivity index (χ2v) is 6.62. The third kappa shape index (κ3) is 4.88. The van der Waals surface area contributed by atoms with E-state index in [1.165, 1.54) is 12.1 Å². The highest BCUT2D eigenvalue weighted by molar-refractivity contribution is 5.96. The molecule has 1 fully saturated rings. The number of hydrogen-bond donors (Lipinski definition) is 0. The third-order valence-corrected chi connectivity index (χ3v) is 4.71. The smallest absolute Gasteiger partial charge is 0.416 e. The fourth-order valence-corrected chi connectivity index (χ4v) is 3.17. The minimum atomic E-state index is -4.44. The van der Waals surface area contributed by atoms with E-state index in [-0.39, 0.29) is 17.4 Å². The highest BCUT2D eigenvalue weighted by atomic mass is 19.4. The molecule has 5 nitrogen and oxygen atoms in total. The molecule has 8 heteroatoms. The van der Waals surface area contributed by atoms with Gasteiger partial charge >= 0.3 is 6.18 Å². The molecule has 0 bridgehead atoms. The zero-order valence-corrected chi connectivity index (χ0v) is 15.9. The van der Waals surface area contributed by atoms with Crippen LogP contribution in [0.3, 0.4) is 0 Å². The molecule has 0 radical (unpaired) electrons. The van der Waals surface area contributed by atoms with Crippen LogP contribution in [0.2, 0.25) is 0 Å². The lowest BCUT2D eigenvalue weighted by Crippen LogP contribution is -2.50. The van der Waals surface area contributed by atoms with Crippen molar-refractivity contribution in [1.29, 1.82) is 0 Å². The molecule has 2 amide bonds. The number of amides is 2. The number of hydrogen-bond acceptors (Lipinski definition) is 3. The van der Waals surface area contributed by atoms with E-state index in [0.29, 0.717) is 44.1 Å². The van der Waals surface area contributed by atoms with Crippen molar-refractivity contribution in [3.63, 3.8) is 0 Å². The first-order chi connectivity index (χ1) is 13.8. The van der Waals surface area contributed by atoms with Crippen LogP contribution in [0, 0.1) is 0 Å². The van der Waals surface area contributed by atoms with Crippen LogP contribution >= 0.6 is 0 Å². The monoisotopic (exact) mass is 406 g/mol. The molecule has 2 aromatic rings. The van der Waals surface area contributed by atoms with Crippen molar-refractivity contribution in [2.45, 2.75) is 13.1 Å². The quantitative estimate of drug-likeness (QED) is 0.778. The first-order valence-corrected chi connectivity index (χ1v) is 9.28. The summed E-state index contributed by atoms with van der Waals surface area (Å²) < 4.78 is 43.4. The summed E-state index contributed by atoms with van der Waals surface area (Å²) in [6, 6.07) is 11.1. The van der Waals surface area contributed by atoms with Crippen LogP contribution in [0.4, 0.5) is 13.2 Å². The minimum absolute atomic E-state index is 0.145. The van der Waals surface area contributed by atoms with Gasteiger partial charge in [-0.2, -0.15) is 13.2 Å². The number of halogens is 3. The first-order valence-electron chi connectivity index (χ1n) is 9.28. The summed E-state index contributed by atoms with van der Waals surface area (Å²) >= 11 is 0. The summed E-state index contributed by atoms with van der Waals surface area (Å²) in [5.41, 5.74) is -0.0839. The Morgan fingerprint density at radius 1 is 0.897 bits per heavy atom. The fraction of sp³-hybridized carbons (Fsp3) is 0.333. The second kappa shape index (κ2) is 8.55. The van der Waals surface area contributed by atoms with Crippen LogP contribution in [0.25, 0.3) is 0 Å². The van der Waals surface area contributed by atoms with Crippen molar-refractivity contribution in [2.24, 2.45) is 0 Å². The van der Waals surface area contributed by atoms with E-state index < -0.39 is 11.7 Å². The zero-order chi connectivity index (χ0) is 21.0. The van der Waals surface area contributed by atoms with Crippen LogP contribution in [0.1, 0.15) is 33.2 Å². The van der Waals surface area contributed by atoms with Gasteiger partial charge < -0.3 is 14.5 Å². The van der Waals surface area contributed by atoms with Crippen molar-refractivity contribution < 1.29 is 27.5 Å². The van der Waals surface area contributed by atoms with Gasteiger partial charge in [0.05, 0.1) is 12.2 Å². The van der Waals surface area contributed by atoms with E-state index in [4.69, 9.17) is 4.74 Å². The number of piperazine rings is 1. The van der Waals surface area contributed by atoms with Crippen molar-refractivity contribution in [1.82, 2.24) is 9.80 Å². The van der Waals surface area contributed by atoms with Crippen LogP contribution in [-0.2, 0) is 6.18 Å². The lowest BCUT2D eigenvalue weighted by molar-refractivity contribution is -0.137. The van der Waals surface area contributed by atoms with E-state index >= 15 is 0 Å². The Hall–Kier alpha value is -3.03. The fourth-order valence-electron chi connectivity index (χ4n) is 3.17. The summed E-state index contributed by atoms with van der Waals surface area (Å²) in [7, 11) is 0. The van der Waals surface area contributed by atoms with Gasteiger partial charge in [0.25, 0.3) is 11.8 Å². The van der Waals surface area contributed by atoms with E-state index in [9.17, 15) is 22.8 Å². The van der Waals surface area contributed by atoms with Gasteiger partial charge in [-0.05, 0) is 49.4 Å². The molecule has 0 aromatic heterocycles. The number of benzene rings is 2. The summed E-state index contributed by atoms with van der Waals surface area (Å²) in [4.78, 5) is 28.4. The normalized spacial score (nSPS) is 14.6. The molecule has 0 saturated carbocycles. The van der Waals surface area contributed by atoms with E-state index in [1.807, 2.05) is 6.92 Å². The number of ether oxygens (including phenoxy) is 1. The maximum Gasteiger partial charge on any atom is 0.416 e. The summed E-state index contributed by atoms with van der Waals surface area (Å²) in [5.74, 6) is 0.131. The molecule has 0 spiro atoms. The van der Waals surface area contributed by atoms with Crippen LogP contribution in [-0.4, -0.2) is 54.4 Å². The lowest BCUT2D eigenvalue weighted by atomic mass is 10.1. The highest BCUT2D eigenvalue weighted by Gasteiger charge is 2.31. The summed E-state index contributed by atoms with van der Waals surface area (Å²) in [6.45, 7) is 3.70. The average Bonchev–Trinajstić information content (AvgIpc) is 2.73. The standard InChI is InChI=1S/C21H21F3N2O3/c1-2-29-18-5-3-4-16(14-18)20(28)26-12-10-25(11-13-26)19(27)15-6-8-17(9-7-15)21(22,23)24/h3-9,14H,2,10-13H2,1H3. The van der Waals surface area contributed by atoms with Gasteiger partial charge in [0.2, 0.25) is 0 Å². The molecular weight excluding hydrogens is 385 g/mol. The number of alkyl halides is 3. The maximum atomic E-state index is 12.7. The largest absolute Gasteiger partial charge is 0.494 e. The molecule has 1 heterocycles. The molecular formula is C21H21F3N2O3. The predicted molar refractivity (Wildman–Crippen MR) is 101 cm³/mol. The van der Waals surface area contributed by atoms with Gasteiger partial charge in [0, 0.05) is 37.3 Å². The Kier molecular flexibility index (Phi) is 6.10. The number of rotatable bonds is 4. The van der Waals surface area contributed by atoms with Gasteiger partial charge in [-0.25, -0.2) is 0 Å². The number of nitrogens with zero attached hydrogens (tertiary/aromatic N) is 2. The predicted octanol–water partition coefficient (Wildman–Crippen LogP) is 3.70. The van der Waals surface area contributed by atoms with Crippen molar-refractivity contribution in [3.05, 3.63) is 65.2 Å². The van der Waals surface area contributed by atoms with Crippen molar-refractivity contribution >= 4 is 11.8 Å². The van der Waals surface area contributed by atoms with Gasteiger partial charge in [-0.1, -0.05) is 6.07 Å². The number of carbonyl (C=O) groups is 2. The molecule has 0 aliphatic carbocycles. The zero-order valence-electron chi connectivity index (χ0n) is 15.9. The molecule has 0 atom stereocenters. The van der Waals surface area contributed by atoms with Gasteiger partial charge in [0.1, 0.15) is 5.75 Å². The molecule has 1 aliphatic rings. The molecule has 1 aliphatic heterocycles. The Morgan fingerprint density at radius 2 is 1.45 bits per heavy atom. The first kappa shape index (κ1) is 20.7. The molecule has 0 N–H and O–H groups in total. The Bertz CT molecular complexity index is 873. The maximum absolute atomic E-state index is 12.7. The van der Waals surface area contributed by atoms with Crippen LogP contribution in [0.15, 0.2) is 48.5 Å². The molecule has 1 saturated heterocycles. The molecule has 29 heavy (non-hydrogen) atoms. The van der Waals surface area contributed by atoms with Gasteiger partial charge in [0.15, 0.2) is 0 Å². The van der Waals surface area contributed by atoms with Crippen LogP contribution in [0.5, 0.6) is 5.75 Å². The van der Waals surface area contributed by atoms with E-state index in [0.717, 1.165) is 12.1 Å². The Labute approximate surface area is 166 Å². The SMILES string of the molecule is CCOc1cccc(C(=O)N2CCN(C(=O)c3ccc(C(F)(F)F)cc3)CC2)c1. The third-order valence-electron chi connectivity index (χ3n) is 4.71. The lowest BCUT2D eigenvalue weighted by Gasteiger charge is -2.35. The highest BCUT2D eigenvalue weighted by Crippen LogP contribution is 2.29. The van der Waals surface area contributed by atoms with Crippen molar-refractivity contribution in [2.75, 3.05) is 32.8 Å². The van der Waals surface area contributed by atoms with Crippen molar-refractivity contribution in [3.8, 4) is 5.75 Å². The van der Waals surface area contributed by atoms with E-state index in [2.05, 4.69) is 0 Å². The Morgan fingerprint density at radius 3 is 1.97 bits per heavy atom. The average molecular weight is 406 g/mol. The second-order valence-electron chi connectivity index (χ2n) is 6.62. The molecule has 0 unspecified atom stereocenters. The Balaban J connectivity index is 1.60. The number of carbonyl (C=O) groups excluding carboxylic acids is 2. The topological polar surface area (TPSA) is 49.9 Å². The van der Waals surface area contributed by atoms with Gasteiger partial charge in [-0.15, -0.1) is 0 Å². The van der Waals surface area contributed by atoms with E-state index in [1.54, 1.807) is 34.1 Å².